The largest absolute Gasteiger partial charge is 0.508 e. The van der Waals surface area contributed by atoms with Gasteiger partial charge in [0.05, 0.1) is 34.6 Å². The SMILES string of the molecule is C#Cc1cccc2cc(O)cc(-n3ncc4c(C5=CC6CNCC(C5)N6)nc(OC[C@@]56CCCN5C[C@H](OC)C6)nc4c3=O)c12. The fourth-order valence-electron chi connectivity index (χ4n) is 7.81. The van der Waals surface area contributed by atoms with E-state index in [1.807, 2.05) is 12.1 Å². The number of phenolic OH excluding ortho intramolecular Hbond substituents is 1. The zero-order valence-electron chi connectivity index (χ0n) is 25.1. The van der Waals surface area contributed by atoms with Gasteiger partial charge in [0.15, 0.2) is 0 Å². The van der Waals surface area contributed by atoms with Crippen molar-refractivity contribution in [2.75, 3.05) is 39.9 Å². The number of aromatic hydroxyl groups is 1. The molecule has 45 heavy (non-hydrogen) atoms. The van der Waals surface area contributed by atoms with Crippen molar-refractivity contribution in [2.45, 2.75) is 49.4 Å². The molecule has 3 fully saturated rings. The maximum atomic E-state index is 14.3. The Labute approximate surface area is 260 Å². The van der Waals surface area contributed by atoms with E-state index in [-0.39, 0.29) is 41.0 Å². The Bertz CT molecular complexity index is 1970. The Morgan fingerprint density at radius 2 is 2.16 bits per heavy atom. The van der Waals surface area contributed by atoms with Gasteiger partial charge in [-0.1, -0.05) is 24.1 Å². The summed E-state index contributed by atoms with van der Waals surface area (Å²) in [4.78, 5) is 26.5. The molecule has 6 heterocycles. The molecule has 0 radical (unpaired) electrons. The van der Waals surface area contributed by atoms with Crippen molar-refractivity contribution in [3.8, 4) is 29.8 Å². The maximum Gasteiger partial charge on any atom is 0.317 e. The van der Waals surface area contributed by atoms with Gasteiger partial charge in [-0.25, -0.2) is 0 Å². The van der Waals surface area contributed by atoms with Crippen LogP contribution in [0.15, 0.2) is 47.4 Å². The quantitative estimate of drug-likeness (QED) is 0.282. The van der Waals surface area contributed by atoms with E-state index in [0.717, 1.165) is 57.4 Å². The monoisotopic (exact) mass is 605 g/mol. The minimum Gasteiger partial charge on any atom is -0.508 e. The van der Waals surface area contributed by atoms with E-state index < -0.39 is 5.56 Å². The molecule has 0 aliphatic carbocycles. The first-order valence-electron chi connectivity index (χ1n) is 15.6. The third-order valence-corrected chi connectivity index (χ3v) is 9.90. The van der Waals surface area contributed by atoms with E-state index in [0.29, 0.717) is 39.7 Å². The fraction of sp³-hybridized carbons (Fsp3) is 0.412. The maximum absolute atomic E-state index is 14.3. The summed E-state index contributed by atoms with van der Waals surface area (Å²) in [6.07, 6.45) is 13.6. The zero-order valence-corrected chi connectivity index (χ0v) is 25.1. The molecule has 4 atom stereocenters. The molecule has 0 spiro atoms. The summed E-state index contributed by atoms with van der Waals surface area (Å²) in [6.45, 7) is 3.98. The molecule has 3 saturated heterocycles. The first kappa shape index (κ1) is 28.2. The van der Waals surface area contributed by atoms with Gasteiger partial charge in [-0.05, 0) is 55.3 Å². The number of rotatable bonds is 6. The molecule has 11 heteroatoms. The molecule has 4 aliphatic rings. The summed E-state index contributed by atoms with van der Waals surface area (Å²) in [5, 5.41) is 24.2. The Morgan fingerprint density at radius 1 is 1.24 bits per heavy atom. The summed E-state index contributed by atoms with van der Waals surface area (Å²) in [5.41, 5.74) is 2.29. The summed E-state index contributed by atoms with van der Waals surface area (Å²) < 4.78 is 13.4. The number of ether oxygens (including phenoxy) is 2. The molecule has 2 aromatic carbocycles. The van der Waals surface area contributed by atoms with Gasteiger partial charge in [-0.15, -0.1) is 6.42 Å². The van der Waals surface area contributed by atoms with Crippen LogP contribution in [-0.4, -0.2) is 93.4 Å². The van der Waals surface area contributed by atoms with Crippen LogP contribution >= 0.6 is 0 Å². The molecule has 2 unspecified atom stereocenters. The third-order valence-electron chi connectivity index (χ3n) is 9.90. The normalized spacial score (nSPS) is 26.1. The van der Waals surface area contributed by atoms with Gasteiger partial charge >= 0.3 is 6.01 Å². The smallest absolute Gasteiger partial charge is 0.317 e. The van der Waals surface area contributed by atoms with Gasteiger partial charge in [-0.2, -0.15) is 19.7 Å². The Balaban J connectivity index is 1.28. The number of fused-ring (bicyclic) bond motifs is 5. The highest BCUT2D eigenvalue weighted by molar-refractivity contribution is 5.97. The van der Waals surface area contributed by atoms with Crippen LogP contribution in [0.3, 0.4) is 0 Å². The van der Waals surface area contributed by atoms with Crippen LogP contribution in [0.1, 0.15) is 36.9 Å². The molecule has 0 saturated carbocycles. The predicted molar refractivity (Wildman–Crippen MR) is 171 cm³/mol. The van der Waals surface area contributed by atoms with E-state index >= 15 is 0 Å². The summed E-state index contributed by atoms with van der Waals surface area (Å²) in [7, 11) is 1.76. The van der Waals surface area contributed by atoms with Crippen LogP contribution in [0.2, 0.25) is 0 Å². The zero-order chi connectivity index (χ0) is 30.7. The van der Waals surface area contributed by atoms with Crippen LogP contribution in [0.5, 0.6) is 11.8 Å². The van der Waals surface area contributed by atoms with Gasteiger partial charge in [0.25, 0.3) is 5.56 Å². The predicted octanol–water partition coefficient (Wildman–Crippen LogP) is 2.36. The van der Waals surface area contributed by atoms with Gasteiger partial charge in [0.1, 0.15) is 17.9 Å². The van der Waals surface area contributed by atoms with Gasteiger partial charge in [0, 0.05) is 55.8 Å². The number of aromatic nitrogens is 4. The van der Waals surface area contributed by atoms with Crippen molar-refractivity contribution in [3.63, 3.8) is 0 Å². The average molecular weight is 606 g/mol. The van der Waals surface area contributed by atoms with E-state index in [4.69, 9.17) is 25.9 Å². The number of nitrogens with zero attached hydrogens (tertiary/aromatic N) is 5. The molecular formula is C34H35N7O4. The minimum absolute atomic E-state index is 0.000760. The third kappa shape index (κ3) is 4.76. The van der Waals surface area contributed by atoms with Crippen molar-refractivity contribution in [1.82, 2.24) is 35.3 Å². The van der Waals surface area contributed by atoms with Crippen LogP contribution < -0.4 is 20.9 Å². The Hall–Kier alpha value is -4.34. The topological polar surface area (TPSA) is 127 Å². The van der Waals surface area contributed by atoms with Gasteiger partial charge < -0.3 is 25.2 Å². The first-order chi connectivity index (χ1) is 21.9. The second kappa shape index (κ2) is 10.9. The lowest BCUT2D eigenvalue weighted by Gasteiger charge is -2.35. The molecule has 11 nitrogen and oxygen atoms in total. The molecular weight excluding hydrogens is 570 g/mol. The van der Waals surface area contributed by atoms with E-state index in [2.05, 4.69) is 32.6 Å². The number of phenols is 1. The van der Waals surface area contributed by atoms with Gasteiger partial charge in [-0.3, -0.25) is 9.69 Å². The highest BCUT2D eigenvalue weighted by Crippen LogP contribution is 2.40. The highest BCUT2D eigenvalue weighted by atomic mass is 16.5. The molecule has 4 aromatic rings. The average Bonchev–Trinajstić information content (AvgIpc) is 3.60. The van der Waals surface area contributed by atoms with Gasteiger partial charge in [0.2, 0.25) is 0 Å². The lowest BCUT2D eigenvalue weighted by molar-refractivity contribution is 0.0997. The highest BCUT2D eigenvalue weighted by Gasteiger charge is 2.49. The van der Waals surface area contributed by atoms with E-state index in [1.165, 1.54) is 10.7 Å². The number of hydrogen-bond donors (Lipinski definition) is 3. The van der Waals surface area contributed by atoms with Crippen molar-refractivity contribution in [2.24, 2.45) is 0 Å². The van der Waals surface area contributed by atoms with Crippen LogP contribution in [-0.2, 0) is 4.74 Å². The second-order valence-corrected chi connectivity index (χ2v) is 12.6. The fourth-order valence-corrected chi connectivity index (χ4v) is 7.81. The first-order valence-corrected chi connectivity index (χ1v) is 15.6. The standard InChI is InChI=1S/C34H35N7O4/c1-3-20-6-4-7-21-12-25(42)13-28(29(20)21)41-32(43)31-27(17-36-41)30(22-10-23-15-35-16-24(11-22)37-23)38-33(39-31)45-19-34-8-5-9-40(34)18-26(14-34)44-2/h1,4,6-7,10,12-13,17,23-24,26,35,37,42H,5,8-9,11,14-16,18-19H2,2H3/t23?,24?,26-,34+/m1/s1. The van der Waals surface area contributed by atoms with Crippen LogP contribution in [0.25, 0.3) is 32.9 Å². The number of nitrogens with one attached hydrogen (secondary N) is 2. The Morgan fingerprint density at radius 3 is 3.00 bits per heavy atom. The summed E-state index contributed by atoms with van der Waals surface area (Å²) in [5.74, 6) is 2.70. The molecule has 2 aromatic heterocycles. The number of terminal acetylenes is 1. The van der Waals surface area contributed by atoms with E-state index in [1.54, 1.807) is 25.4 Å². The van der Waals surface area contributed by atoms with Crippen LogP contribution in [0, 0.1) is 12.3 Å². The second-order valence-electron chi connectivity index (χ2n) is 12.6. The summed E-state index contributed by atoms with van der Waals surface area (Å²) in [6, 6.07) is 9.18. The minimum atomic E-state index is -0.447. The molecule has 4 aliphatic heterocycles. The van der Waals surface area contributed by atoms with Crippen molar-refractivity contribution in [3.05, 3.63) is 64.2 Å². The molecule has 0 amide bonds. The van der Waals surface area contributed by atoms with Crippen LogP contribution in [0.4, 0.5) is 0 Å². The molecule has 3 N–H and O–H groups in total. The molecule has 230 valence electrons. The number of methoxy groups -OCH3 is 1. The molecule has 2 bridgehead atoms. The lowest BCUT2D eigenvalue weighted by atomic mass is 9.92. The van der Waals surface area contributed by atoms with Crippen molar-refractivity contribution in [1.29, 1.82) is 0 Å². The van der Waals surface area contributed by atoms with E-state index in [9.17, 15) is 9.90 Å². The Kier molecular flexibility index (Phi) is 6.84. The number of benzene rings is 2. The lowest BCUT2D eigenvalue weighted by Crippen LogP contribution is -2.56. The summed E-state index contributed by atoms with van der Waals surface area (Å²) >= 11 is 0. The van der Waals surface area contributed by atoms with Crippen molar-refractivity contribution < 1.29 is 14.6 Å². The number of hydrogen-bond acceptors (Lipinski definition) is 10. The number of piperazine rings is 1. The van der Waals surface area contributed by atoms with Crippen molar-refractivity contribution >= 4 is 27.2 Å². The molecule has 8 rings (SSSR count).